The summed E-state index contributed by atoms with van der Waals surface area (Å²) in [5.41, 5.74) is 0. The molecular weight excluding hydrogens is 352 g/mol. The molecule has 1 aliphatic rings. The summed E-state index contributed by atoms with van der Waals surface area (Å²) in [6.07, 6.45) is 3.56. The van der Waals surface area contributed by atoms with Gasteiger partial charge >= 0.3 is 5.97 Å². The monoisotopic (exact) mass is 386 g/mol. The zero-order valence-corrected chi connectivity index (χ0v) is 16.0. The summed E-state index contributed by atoms with van der Waals surface area (Å²) in [6.45, 7) is 2.08. The number of carbonyl (C=O) groups is 2. The molecule has 0 radical (unpaired) electrons. The molecule has 156 valence electrons. The van der Waals surface area contributed by atoms with Crippen LogP contribution in [0.15, 0.2) is 12.2 Å². The predicted octanol–water partition coefficient (Wildman–Crippen LogP) is 1.42. The molecule has 0 heterocycles. The SMILES string of the molecule is CCCCC[C@H](O)/C=C/[C@@H]1[C@@H](CC(=O)C(O)CCCC(=O)O)[C@@H](O)C[C@H]1O. The van der Waals surface area contributed by atoms with Gasteiger partial charge in [-0.05, 0) is 19.3 Å². The highest BCUT2D eigenvalue weighted by molar-refractivity contribution is 5.83. The summed E-state index contributed by atoms with van der Waals surface area (Å²) < 4.78 is 0. The highest BCUT2D eigenvalue weighted by Gasteiger charge is 2.41. The van der Waals surface area contributed by atoms with E-state index in [0.29, 0.717) is 6.42 Å². The number of Topliss-reactive ketones (excluding diaryl/α,β-unsaturated/α-hetero) is 1. The third-order valence-corrected chi connectivity index (χ3v) is 5.25. The molecule has 0 aromatic rings. The van der Waals surface area contributed by atoms with E-state index in [9.17, 15) is 30.0 Å². The summed E-state index contributed by atoms with van der Waals surface area (Å²) in [5.74, 6) is -2.43. The van der Waals surface area contributed by atoms with Gasteiger partial charge in [-0.1, -0.05) is 38.3 Å². The standard InChI is InChI=1S/C20H34O7/c1-2-3-4-6-13(21)9-10-14-15(18(24)12-17(14)23)11-19(25)16(22)7-5-8-20(26)27/h9-10,13-18,21-24H,2-8,11-12H2,1H3,(H,26,27)/b10-9+/t13-,14+,15+,16?,17+,18-/m0/s1. The van der Waals surface area contributed by atoms with Gasteiger partial charge in [-0.25, -0.2) is 0 Å². The van der Waals surface area contributed by atoms with E-state index >= 15 is 0 Å². The van der Waals surface area contributed by atoms with Gasteiger partial charge in [0.15, 0.2) is 5.78 Å². The second-order valence-corrected chi connectivity index (χ2v) is 7.53. The van der Waals surface area contributed by atoms with Crippen LogP contribution in [-0.2, 0) is 9.59 Å². The molecule has 1 aliphatic carbocycles. The van der Waals surface area contributed by atoms with E-state index in [1.54, 1.807) is 12.2 Å². The Hall–Kier alpha value is -1.28. The lowest BCUT2D eigenvalue weighted by Crippen LogP contribution is -2.29. The number of hydrogen-bond donors (Lipinski definition) is 5. The molecule has 0 spiro atoms. The molecule has 1 rings (SSSR count). The number of carbonyl (C=O) groups excluding carboxylic acids is 1. The highest BCUT2D eigenvalue weighted by atomic mass is 16.4. The van der Waals surface area contributed by atoms with Crippen LogP contribution in [0.2, 0.25) is 0 Å². The maximum atomic E-state index is 12.2. The summed E-state index contributed by atoms with van der Waals surface area (Å²) in [7, 11) is 0. The molecule has 7 nitrogen and oxygen atoms in total. The molecule has 0 aromatic carbocycles. The molecule has 1 saturated carbocycles. The number of hydrogen-bond acceptors (Lipinski definition) is 6. The molecule has 0 aliphatic heterocycles. The van der Waals surface area contributed by atoms with Crippen molar-refractivity contribution in [1.82, 2.24) is 0 Å². The van der Waals surface area contributed by atoms with Crippen molar-refractivity contribution in [2.45, 2.75) is 89.1 Å². The first kappa shape index (κ1) is 23.8. The zero-order chi connectivity index (χ0) is 20.4. The van der Waals surface area contributed by atoms with Crippen LogP contribution < -0.4 is 0 Å². The van der Waals surface area contributed by atoms with Crippen molar-refractivity contribution in [3.63, 3.8) is 0 Å². The van der Waals surface area contributed by atoms with Crippen LogP contribution in [0.4, 0.5) is 0 Å². The lowest BCUT2D eigenvalue weighted by atomic mass is 9.86. The van der Waals surface area contributed by atoms with Gasteiger partial charge in [0.05, 0.1) is 18.3 Å². The lowest BCUT2D eigenvalue weighted by molar-refractivity contribution is -0.137. The van der Waals surface area contributed by atoms with Gasteiger partial charge in [-0.15, -0.1) is 0 Å². The minimum atomic E-state index is -1.27. The number of rotatable bonds is 13. The van der Waals surface area contributed by atoms with Crippen LogP contribution in [-0.4, -0.2) is 61.7 Å². The minimum absolute atomic E-state index is 0.0626. The van der Waals surface area contributed by atoms with Gasteiger partial charge in [-0.3, -0.25) is 9.59 Å². The Labute approximate surface area is 160 Å². The molecule has 6 atom stereocenters. The summed E-state index contributed by atoms with van der Waals surface area (Å²) >= 11 is 0. The van der Waals surface area contributed by atoms with Crippen molar-refractivity contribution >= 4 is 11.8 Å². The van der Waals surface area contributed by atoms with Crippen LogP contribution in [0.3, 0.4) is 0 Å². The Balaban J connectivity index is 2.59. The summed E-state index contributed by atoms with van der Waals surface area (Å²) in [4.78, 5) is 22.7. The van der Waals surface area contributed by atoms with Crippen LogP contribution in [0, 0.1) is 11.8 Å². The largest absolute Gasteiger partial charge is 0.481 e. The maximum Gasteiger partial charge on any atom is 0.303 e. The average molecular weight is 386 g/mol. The first-order valence-electron chi connectivity index (χ1n) is 9.91. The lowest BCUT2D eigenvalue weighted by Gasteiger charge is -2.21. The zero-order valence-electron chi connectivity index (χ0n) is 16.0. The fourth-order valence-electron chi connectivity index (χ4n) is 3.60. The number of carboxylic acid groups (broad SMARTS) is 1. The Morgan fingerprint density at radius 2 is 1.78 bits per heavy atom. The second kappa shape index (κ2) is 12.2. The van der Waals surface area contributed by atoms with Gasteiger partial charge in [0.2, 0.25) is 0 Å². The third-order valence-electron chi connectivity index (χ3n) is 5.25. The molecule has 7 heteroatoms. The van der Waals surface area contributed by atoms with Gasteiger partial charge in [0, 0.05) is 31.1 Å². The van der Waals surface area contributed by atoms with Gasteiger partial charge in [0.25, 0.3) is 0 Å². The second-order valence-electron chi connectivity index (χ2n) is 7.53. The van der Waals surface area contributed by atoms with E-state index in [1.807, 2.05) is 0 Å². The normalized spacial score (nSPS) is 27.7. The van der Waals surface area contributed by atoms with Gasteiger partial charge < -0.3 is 25.5 Å². The van der Waals surface area contributed by atoms with Crippen molar-refractivity contribution in [3.05, 3.63) is 12.2 Å². The van der Waals surface area contributed by atoms with E-state index in [1.165, 1.54) is 0 Å². The Bertz CT molecular complexity index is 491. The molecule has 0 bridgehead atoms. The average Bonchev–Trinajstić information content (AvgIpc) is 2.86. The molecule has 1 unspecified atom stereocenters. The van der Waals surface area contributed by atoms with E-state index in [2.05, 4.69) is 6.92 Å². The van der Waals surface area contributed by atoms with Gasteiger partial charge in [0.1, 0.15) is 6.10 Å². The first-order valence-corrected chi connectivity index (χ1v) is 9.91. The molecule has 27 heavy (non-hydrogen) atoms. The van der Waals surface area contributed by atoms with Gasteiger partial charge in [-0.2, -0.15) is 0 Å². The van der Waals surface area contributed by atoms with Crippen molar-refractivity contribution in [2.75, 3.05) is 0 Å². The number of carboxylic acids is 1. The number of unbranched alkanes of at least 4 members (excludes halogenated alkanes) is 2. The van der Waals surface area contributed by atoms with Crippen LogP contribution in [0.5, 0.6) is 0 Å². The van der Waals surface area contributed by atoms with Crippen LogP contribution in [0.1, 0.15) is 64.7 Å². The predicted molar refractivity (Wildman–Crippen MR) is 100 cm³/mol. The van der Waals surface area contributed by atoms with E-state index in [0.717, 1.165) is 19.3 Å². The number of aliphatic hydroxyl groups is 4. The molecule has 0 saturated heterocycles. The van der Waals surface area contributed by atoms with E-state index < -0.39 is 48.0 Å². The number of aliphatic carboxylic acids is 1. The summed E-state index contributed by atoms with van der Waals surface area (Å²) in [6, 6.07) is 0. The smallest absolute Gasteiger partial charge is 0.303 e. The third kappa shape index (κ3) is 8.51. The first-order chi connectivity index (χ1) is 12.8. The van der Waals surface area contributed by atoms with E-state index in [4.69, 9.17) is 5.11 Å². The van der Waals surface area contributed by atoms with Crippen molar-refractivity contribution < 1.29 is 35.1 Å². The van der Waals surface area contributed by atoms with Crippen molar-refractivity contribution in [2.24, 2.45) is 11.8 Å². The molecule has 5 N–H and O–H groups in total. The molecule has 0 amide bonds. The Morgan fingerprint density at radius 3 is 2.41 bits per heavy atom. The molecule has 0 aromatic heterocycles. The molecular formula is C20H34O7. The number of ketones is 1. The topological polar surface area (TPSA) is 135 Å². The quantitative estimate of drug-likeness (QED) is 0.239. The van der Waals surface area contributed by atoms with Crippen molar-refractivity contribution in [3.8, 4) is 0 Å². The minimum Gasteiger partial charge on any atom is -0.481 e. The Morgan fingerprint density at radius 1 is 1.07 bits per heavy atom. The molecule has 1 fully saturated rings. The number of aliphatic hydroxyl groups excluding tert-OH is 4. The van der Waals surface area contributed by atoms with Crippen LogP contribution >= 0.6 is 0 Å². The van der Waals surface area contributed by atoms with Crippen LogP contribution in [0.25, 0.3) is 0 Å². The van der Waals surface area contributed by atoms with E-state index in [-0.39, 0.29) is 32.1 Å². The van der Waals surface area contributed by atoms with Crippen molar-refractivity contribution in [1.29, 1.82) is 0 Å². The fraction of sp³-hybridized carbons (Fsp3) is 0.800. The fourth-order valence-corrected chi connectivity index (χ4v) is 3.60. The maximum absolute atomic E-state index is 12.2. The Kier molecular flexibility index (Phi) is 10.8. The highest BCUT2D eigenvalue weighted by Crippen LogP contribution is 2.36. The summed E-state index contributed by atoms with van der Waals surface area (Å²) in [5, 5.41) is 48.9.